The molecule has 0 atom stereocenters. The van der Waals surface area contributed by atoms with Crippen molar-refractivity contribution in [3.8, 4) is 0 Å². The van der Waals surface area contributed by atoms with E-state index in [1.54, 1.807) is 6.08 Å². The first-order valence-electron chi connectivity index (χ1n) is 8.23. The quantitative estimate of drug-likeness (QED) is 0.435. The van der Waals surface area contributed by atoms with Crippen LogP contribution in [0, 0.1) is 13.8 Å². The highest BCUT2D eigenvalue weighted by Gasteiger charge is 2.27. The molecule has 24 heavy (non-hydrogen) atoms. The molecule has 0 spiro atoms. The van der Waals surface area contributed by atoms with E-state index >= 15 is 0 Å². The van der Waals surface area contributed by atoms with Gasteiger partial charge in [0, 0.05) is 29.5 Å². The molecule has 1 aromatic rings. The number of aromatic nitrogens is 1. The summed E-state index contributed by atoms with van der Waals surface area (Å²) in [6, 6.07) is 2.73. The fourth-order valence-corrected chi connectivity index (χ4v) is 2.73. The van der Waals surface area contributed by atoms with Gasteiger partial charge in [0.15, 0.2) is 0 Å². The van der Waals surface area contributed by atoms with E-state index in [2.05, 4.69) is 27.7 Å². The summed E-state index contributed by atoms with van der Waals surface area (Å²) in [7, 11) is 0. The molecular weight excluding hydrogens is 308 g/mol. The van der Waals surface area contributed by atoms with Crippen LogP contribution in [0.3, 0.4) is 0 Å². The van der Waals surface area contributed by atoms with Crippen LogP contribution in [-0.4, -0.2) is 28.3 Å². The predicted molar refractivity (Wildman–Crippen MR) is 88.7 cm³/mol. The molecule has 2 fully saturated rings. The Morgan fingerprint density at radius 3 is 2.42 bits per heavy atom. The highest BCUT2D eigenvalue weighted by Crippen LogP contribution is 2.38. The summed E-state index contributed by atoms with van der Waals surface area (Å²) < 4.78 is 2.29. The third-order valence-corrected chi connectivity index (χ3v) is 4.27. The molecule has 0 aliphatic heterocycles. The lowest BCUT2D eigenvalue weighted by molar-refractivity contribution is -0.140. The smallest absolute Gasteiger partial charge is 0.327 e. The van der Waals surface area contributed by atoms with Gasteiger partial charge >= 0.3 is 11.8 Å². The van der Waals surface area contributed by atoms with Crippen molar-refractivity contribution in [1.82, 2.24) is 20.7 Å². The van der Waals surface area contributed by atoms with Gasteiger partial charge < -0.3 is 9.88 Å². The van der Waals surface area contributed by atoms with Crippen LogP contribution >= 0.6 is 0 Å². The highest BCUT2D eigenvalue weighted by atomic mass is 16.2. The number of hydrogen-bond acceptors (Lipinski definition) is 3. The molecular formula is C17H22N4O3. The Hall–Kier alpha value is -2.57. The Balaban J connectivity index is 1.51. The van der Waals surface area contributed by atoms with Gasteiger partial charge in [-0.1, -0.05) is 0 Å². The molecule has 2 aliphatic rings. The highest BCUT2D eigenvalue weighted by molar-refractivity contribution is 6.35. The van der Waals surface area contributed by atoms with Crippen LogP contribution < -0.4 is 16.2 Å². The van der Waals surface area contributed by atoms with Crippen molar-refractivity contribution in [2.24, 2.45) is 0 Å². The van der Waals surface area contributed by atoms with Gasteiger partial charge in [-0.05, 0) is 57.2 Å². The number of carbonyl (C=O) groups excluding carboxylic acids is 3. The van der Waals surface area contributed by atoms with Crippen LogP contribution in [0.4, 0.5) is 0 Å². The Morgan fingerprint density at radius 2 is 1.79 bits per heavy atom. The van der Waals surface area contributed by atoms with Crippen LogP contribution in [-0.2, 0) is 14.4 Å². The van der Waals surface area contributed by atoms with E-state index in [0.29, 0.717) is 6.04 Å². The first kappa shape index (κ1) is 16.3. The molecule has 1 aromatic heterocycles. The molecule has 0 saturated heterocycles. The summed E-state index contributed by atoms with van der Waals surface area (Å²) in [5, 5.41) is 2.55. The zero-order chi connectivity index (χ0) is 17.3. The Bertz CT molecular complexity index is 712. The number of carbonyl (C=O) groups is 3. The monoisotopic (exact) mass is 330 g/mol. The van der Waals surface area contributed by atoms with E-state index in [1.165, 1.54) is 24.6 Å². The zero-order valence-corrected chi connectivity index (χ0v) is 13.9. The fraction of sp³-hybridized carbons (Fsp3) is 0.471. The zero-order valence-electron chi connectivity index (χ0n) is 13.9. The van der Waals surface area contributed by atoms with Crippen LogP contribution in [0.25, 0.3) is 6.08 Å². The maximum absolute atomic E-state index is 11.8. The van der Waals surface area contributed by atoms with Crippen LogP contribution in [0.5, 0.6) is 0 Å². The number of nitrogens with one attached hydrogen (secondary N) is 3. The van der Waals surface area contributed by atoms with E-state index in [1.807, 2.05) is 13.0 Å². The molecule has 0 bridgehead atoms. The Morgan fingerprint density at radius 1 is 1.08 bits per heavy atom. The van der Waals surface area contributed by atoms with E-state index in [9.17, 15) is 14.4 Å². The Kier molecular flexibility index (Phi) is 4.42. The Labute approximate surface area is 140 Å². The summed E-state index contributed by atoms with van der Waals surface area (Å²) in [5.41, 5.74) is 7.61. The second-order valence-electron chi connectivity index (χ2n) is 6.45. The van der Waals surface area contributed by atoms with Crippen molar-refractivity contribution in [3.63, 3.8) is 0 Å². The maximum Gasteiger partial charge on any atom is 0.327 e. The van der Waals surface area contributed by atoms with Crippen molar-refractivity contribution in [1.29, 1.82) is 0 Å². The van der Waals surface area contributed by atoms with Crippen molar-refractivity contribution < 1.29 is 14.4 Å². The first-order chi connectivity index (χ1) is 11.5. The molecule has 7 nitrogen and oxygen atoms in total. The van der Waals surface area contributed by atoms with Gasteiger partial charge in [-0.15, -0.1) is 0 Å². The minimum Gasteiger partial charge on any atom is -0.346 e. The molecule has 3 rings (SSSR count). The average Bonchev–Trinajstić information content (AvgIpc) is 3.45. The SMILES string of the molecule is Cc1cc(/C=C/C(=O)NNC(=O)C(=O)NC2CC2)c(C)n1C1CC1. The fourth-order valence-electron chi connectivity index (χ4n) is 2.73. The van der Waals surface area contributed by atoms with Crippen molar-refractivity contribution >= 4 is 23.8 Å². The second kappa shape index (κ2) is 6.51. The van der Waals surface area contributed by atoms with Gasteiger partial charge in [0.1, 0.15) is 0 Å². The molecule has 3 amide bonds. The van der Waals surface area contributed by atoms with Gasteiger partial charge in [-0.25, -0.2) is 0 Å². The molecule has 2 aliphatic carbocycles. The van der Waals surface area contributed by atoms with E-state index < -0.39 is 17.7 Å². The lowest BCUT2D eigenvalue weighted by atomic mass is 10.2. The third kappa shape index (κ3) is 3.84. The molecule has 0 aromatic carbocycles. The lowest BCUT2D eigenvalue weighted by Crippen LogP contribution is -2.48. The number of hydrazine groups is 1. The molecule has 0 radical (unpaired) electrons. The van der Waals surface area contributed by atoms with Gasteiger partial charge in [0.05, 0.1) is 0 Å². The van der Waals surface area contributed by atoms with Crippen molar-refractivity contribution in [2.75, 3.05) is 0 Å². The largest absolute Gasteiger partial charge is 0.346 e. The van der Waals surface area contributed by atoms with Crippen LogP contribution in [0.15, 0.2) is 12.1 Å². The summed E-state index contributed by atoms with van der Waals surface area (Å²) in [6.45, 7) is 4.09. The average molecular weight is 330 g/mol. The van der Waals surface area contributed by atoms with Gasteiger partial charge in [0.2, 0.25) is 0 Å². The lowest BCUT2D eigenvalue weighted by Gasteiger charge is -2.06. The van der Waals surface area contributed by atoms with E-state index in [0.717, 1.165) is 24.1 Å². The molecule has 0 unspecified atom stereocenters. The molecule has 128 valence electrons. The van der Waals surface area contributed by atoms with Crippen LogP contribution in [0.1, 0.15) is 48.7 Å². The number of rotatable bonds is 4. The first-order valence-corrected chi connectivity index (χ1v) is 8.23. The molecule has 1 heterocycles. The van der Waals surface area contributed by atoms with Gasteiger partial charge in [0.25, 0.3) is 5.91 Å². The minimum atomic E-state index is -0.865. The minimum absolute atomic E-state index is 0.0977. The van der Waals surface area contributed by atoms with Crippen molar-refractivity contribution in [2.45, 2.75) is 51.6 Å². The van der Waals surface area contributed by atoms with Gasteiger partial charge in [-0.2, -0.15) is 0 Å². The normalized spacial score (nSPS) is 16.9. The molecule has 2 saturated carbocycles. The molecule has 7 heteroatoms. The second-order valence-corrected chi connectivity index (χ2v) is 6.45. The summed E-state index contributed by atoms with van der Waals surface area (Å²) in [4.78, 5) is 34.7. The summed E-state index contributed by atoms with van der Waals surface area (Å²) >= 11 is 0. The van der Waals surface area contributed by atoms with Crippen molar-refractivity contribution in [3.05, 3.63) is 29.1 Å². The van der Waals surface area contributed by atoms with Crippen LogP contribution in [0.2, 0.25) is 0 Å². The predicted octanol–water partition coefficient (Wildman–Crippen LogP) is 0.879. The summed E-state index contributed by atoms with van der Waals surface area (Å²) in [6.07, 6.45) is 7.26. The standard InChI is InChI=1S/C17H22N4O3/c1-10-9-12(11(2)21(10)14-6-7-14)3-8-15(22)19-20-17(24)16(23)18-13-4-5-13/h3,8-9,13-14H,4-7H2,1-2H3,(H,18,23)(H,19,22)(H,20,24)/b8-3+. The maximum atomic E-state index is 11.8. The topological polar surface area (TPSA) is 92.2 Å². The number of amides is 3. The van der Waals surface area contributed by atoms with E-state index in [4.69, 9.17) is 0 Å². The van der Waals surface area contributed by atoms with Gasteiger partial charge in [-0.3, -0.25) is 25.2 Å². The molecule has 3 N–H and O–H groups in total. The van der Waals surface area contributed by atoms with E-state index in [-0.39, 0.29) is 6.04 Å². The number of hydrogen-bond donors (Lipinski definition) is 3. The third-order valence-electron chi connectivity index (χ3n) is 4.27. The number of aryl methyl sites for hydroxylation is 1. The summed E-state index contributed by atoms with van der Waals surface area (Å²) in [5.74, 6) is -2.08. The number of nitrogens with zero attached hydrogens (tertiary/aromatic N) is 1.